The lowest BCUT2D eigenvalue weighted by atomic mass is 9.83. The molecule has 41 heavy (non-hydrogen) atoms. The van der Waals surface area contributed by atoms with Gasteiger partial charge >= 0.3 is 12.0 Å². The second kappa shape index (κ2) is 15.2. The van der Waals surface area contributed by atoms with Crippen LogP contribution in [0.2, 0.25) is 0 Å². The van der Waals surface area contributed by atoms with Crippen LogP contribution in [0.3, 0.4) is 0 Å². The maximum Gasteiger partial charge on any atom is 0.319 e. The number of likely N-dealkylation sites (tertiary alicyclic amines) is 1. The number of fused-ring (bicyclic) bond motifs is 1. The lowest BCUT2D eigenvalue weighted by Crippen LogP contribution is -2.47. The number of carbonyl (C=O) groups is 3. The van der Waals surface area contributed by atoms with Crippen LogP contribution in [0.5, 0.6) is 11.5 Å². The molecule has 3 atom stereocenters. The van der Waals surface area contributed by atoms with Crippen molar-refractivity contribution in [2.45, 2.75) is 58.1 Å². The molecule has 0 spiro atoms. The largest absolute Gasteiger partial charge is 0.481 e. The van der Waals surface area contributed by atoms with Crippen LogP contribution in [-0.2, 0) is 16.2 Å². The third kappa shape index (κ3) is 7.81. The highest BCUT2D eigenvalue weighted by atomic mass is 16.7. The molecule has 0 unspecified atom stereocenters. The van der Waals surface area contributed by atoms with E-state index in [0.717, 1.165) is 19.3 Å². The number of hydrogen-bond acceptors (Lipinski definition) is 8. The van der Waals surface area contributed by atoms with E-state index in [4.69, 9.17) is 15.2 Å². The number of rotatable bonds is 15. The normalized spacial score (nSPS) is 19.8. The minimum absolute atomic E-state index is 0.0317. The average Bonchev–Trinajstić information content (AvgIpc) is 3.57. The summed E-state index contributed by atoms with van der Waals surface area (Å²) in [5, 5.41) is 20.5. The summed E-state index contributed by atoms with van der Waals surface area (Å²) in [5.74, 6) is -1.42. The number of carboxylic acids is 1. The van der Waals surface area contributed by atoms with Crippen molar-refractivity contribution in [3.63, 3.8) is 0 Å². The molecule has 2 aliphatic rings. The number of carbonyl (C=O) groups excluding carboxylic acids is 2. The Labute approximate surface area is 242 Å². The summed E-state index contributed by atoms with van der Waals surface area (Å²) in [6.07, 6.45) is 2.96. The van der Waals surface area contributed by atoms with Gasteiger partial charge in [0.25, 0.3) is 0 Å². The molecule has 0 bridgehead atoms. The first-order chi connectivity index (χ1) is 19.7. The topological polar surface area (TPSA) is 149 Å². The maximum atomic E-state index is 13.5. The van der Waals surface area contributed by atoms with E-state index in [1.807, 2.05) is 11.8 Å². The van der Waals surface area contributed by atoms with Gasteiger partial charge in [0.15, 0.2) is 11.5 Å². The molecule has 2 aliphatic heterocycles. The Kier molecular flexibility index (Phi) is 12.0. The van der Waals surface area contributed by atoms with Gasteiger partial charge < -0.3 is 40.1 Å². The van der Waals surface area contributed by atoms with Crippen molar-refractivity contribution in [1.29, 1.82) is 0 Å². The van der Waals surface area contributed by atoms with Crippen molar-refractivity contribution < 1.29 is 34.1 Å². The first-order valence-electron chi connectivity index (χ1n) is 14.6. The van der Waals surface area contributed by atoms with E-state index in [0.29, 0.717) is 68.3 Å². The van der Waals surface area contributed by atoms with Crippen molar-refractivity contribution in [3.8, 4) is 11.5 Å². The standard InChI is InChI=1S/C29H47N5O7/c1-5-7-11-32(13-9-30)25(36)17-34-16-22(20-14-21(18-35)27-24(15-20)40-19-41-27)26(28(37)38)23(34)8-12-33(10-6-2)29(39)31(3)4/h14-15,22-23,26,35H,5-13,16-19,30H2,1-4H3,(H,37,38)/t22-,23+,26-/m1/s1. The highest BCUT2D eigenvalue weighted by Gasteiger charge is 2.47. The fourth-order valence-corrected chi connectivity index (χ4v) is 5.91. The Balaban J connectivity index is 1.96. The average molecular weight is 578 g/mol. The summed E-state index contributed by atoms with van der Waals surface area (Å²) >= 11 is 0. The smallest absolute Gasteiger partial charge is 0.319 e. The maximum absolute atomic E-state index is 13.5. The van der Waals surface area contributed by atoms with Gasteiger partial charge in [-0.3, -0.25) is 14.5 Å². The summed E-state index contributed by atoms with van der Waals surface area (Å²) in [4.78, 5) is 46.2. The molecule has 0 radical (unpaired) electrons. The molecule has 4 N–H and O–H groups in total. The summed E-state index contributed by atoms with van der Waals surface area (Å²) in [6.45, 7) is 6.49. The predicted octanol–water partition coefficient (Wildman–Crippen LogP) is 1.75. The van der Waals surface area contributed by atoms with E-state index in [1.165, 1.54) is 4.90 Å². The number of unbranched alkanes of at least 4 members (excludes halogenated alkanes) is 1. The van der Waals surface area contributed by atoms with Crippen molar-refractivity contribution in [1.82, 2.24) is 19.6 Å². The minimum Gasteiger partial charge on any atom is -0.481 e. The zero-order valence-electron chi connectivity index (χ0n) is 24.9. The number of aliphatic carboxylic acids is 1. The molecule has 0 aromatic heterocycles. The summed E-state index contributed by atoms with van der Waals surface area (Å²) in [6, 6.07) is 2.93. The summed E-state index contributed by atoms with van der Waals surface area (Å²) < 4.78 is 11.1. The van der Waals surface area contributed by atoms with Crippen LogP contribution in [0.15, 0.2) is 12.1 Å². The predicted molar refractivity (Wildman–Crippen MR) is 154 cm³/mol. The van der Waals surface area contributed by atoms with Crippen LogP contribution in [0.4, 0.5) is 4.79 Å². The monoisotopic (exact) mass is 577 g/mol. The lowest BCUT2D eigenvalue weighted by Gasteiger charge is -2.32. The number of benzene rings is 1. The first kappa shape index (κ1) is 32.4. The van der Waals surface area contributed by atoms with Gasteiger partial charge in [-0.05, 0) is 37.0 Å². The quantitative estimate of drug-likeness (QED) is 0.283. The first-order valence-corrected chi connectivity index (χ1v) is 14.6. The van der Waals surface area contributed by atoms with Crippen LogP contribution in [0, 0.1) is 5.92 Å². The highest BCUT2D eigenvalue weighted by Crippen LogP contribution is 2.44. The molecule has 12 heteroatoms. The van der Waals surface area contributed by atoms with Gasteiger partial charge in [0.05, 0.1) is 19.1 Å². The second-order valence-electron chi connectivity index (χ2n) is 11.0. The molecular formula is C29H47N5O7. The van der Waals surface area contributed by atoms with Crippen molar-refractivity contribution in [2.24, 2.45) is 11.7 Å². The zero-order chi connectivity index (χ0) is 30.1. The van der Waals surface area contributed by atoms with Gasteiger partial charge in [-0.1, -0.05) is 20.3 Å². The number of hydrogen-bond donors (Lipinski definition) is 3. The van der Waals surface area contributed by atoms with Crippen molar-refractivity contribution in [2.75, 3.05) is 66.7 Å². The molecule has 3 amide bonds. The number of ether oxygens (including phenoxy) is 2. The molecule has 1 aromatic rings. The molecular weight excluding hydrogens is 530 g/mol. The molecule has 1 fully saturated rings. The number of nitrogens with zero attached hydrogens (tertiary/aromatic N) is 4. The fourth-order valence-electron chi connectivity index (χ4n) is 5.91. The number of aliphatic hydroxyl groups is 1. The van der Waals surface area contributed by atoms with E-state index in [1.54, 1.807) is 36.0 Å². The van der Waals surface area contributed by atoms with E-state index in [2.05, 4.69) is 6.92 Å². The van der Waals surface area contributed by atoms with Crippen molar-refractivity contribution >= 4 is 17.9 Å². The summed E-state index contributed by atoms with van der Waals surface area (Å²) in [7, 11) is 3.39. The molecule has 0 aliphatic carbocycles. The Hall–Kier alpha value is -3.09. The second-order valence-corrected chi connectivity index (χ2v) is 11.0. The van der Waals surface area contributed by atoms with Gasteiger partial charge in [-0.15, -0.1) is 0 Å². The third-order valence-electron chi connectivity index (χ3n) is 7.92. The Morgan fingerprint density at radius 3 is 2.41 bits per heavy atom. The molecule has 1 aromatic carbocycles. The van der Waals surface area contributed by atoms with Gasteiger partial charge in [-0.2, -0.15) is 0 Å². The molecule has 12 nitrogen and oxygen atoms in total. The Bertz CT molecular complexity index is 1050. The molecule has 2 heterocycles. The molecule has 230 valence electrons. The highest BCUT2D eigenvalue weighted by molar-refractivity contribution is 5.79. The van der Waals surface area contributed by atoms with Gasteiger partial charge in [0.2, 0.25) is 12.7 Å². The number of carboxylic acid groups (broad SMARTS) is 1. The number of nitrogens with two attached hydrogens (primary N) is 1. The number of aliphatic hydroxyl groups excluding tert-OH is 1. The Morgan fingerprint density at radius 2 is 1.80 bits per heavy atom. The van der Waals surface area contributed by atoms with Crippen LogP contribution < -0.4 is 15.2 Å². The lowest BCUT2D eigenvalue weighted by molar-refractivity contribution is -0.143. The van der Waals surface area contributed by atoms with Gasteiger partial charge in [0.1, 0.15) is 0 Å². The molecule has 0 saturated carbocycles. The molecule has 3 rings (SSSR count). The Morgan fingerprint density at radius 1 is 1.05 bits per heavy atom. The third-order valence-corrected chi connectivity index (χ3v) is 7.92. The van der Waals surface area contributed by atoms with Gasteiger partial charge in [-0.25, -0.2) is 4.79 Å². The number of amides is 3. The SMILES string of the molecule is CCCCN(CCN)C(=O)CN1C[C@H](c2cc(CO)c3c(c2)OCO3)[C@@H](C(=O)O)[C@@H]1CCN(CCC)C(=O)N(C)C. The summed E-state index contributed by atoms with van der Waals surface area (Å²) in [5.41, 5.74) is 7.04. The van der Waals surface area contributed by atoms with Crippen molar-refractivity contribution in [3.05, 3.63) is 23.3 Å². The van der Waals surface area contributed by atoms with E-state index in [-0.39, 0.29) is 31.9 Å². The van der Waals surface area contributed by atoms with Gasteiger partial charge in [0, 0.05) is 70.9 Å². The fraction of sp³-hybridized carbons (Fsp3) is 0.690. The van der Waals surface area contributed by atoms with Crippen LogP contribution in [0.1, 0.15) is 56.6 Å². The number of urea groups is 1. The minimum atomic E-state index is -0.969. The van der Waals surface area contributed by atoms with E-state index < -0.39 is 23.8 Å². The van der Waals surface area contributed by atoms with E-state index >= 15 is 0 Å². The van der Waals surface area contributed by atoms with E-state index in [9.17, 15) is 24.6 Å². The van der Waals surface area contributed by atoms with Crippen LogP contribution >= 0.6 is 0 Å². The zero-order valence-corrected chi connectivity index (χ0v) is 24.9. The molecule has 1 saturated heterocycles. The van der Waals surface area contributed by atoms with Crippen LogP contribution in [0.25, 0.3) is 0 Å². The van der Waals surface area contributed by atoms with Crippen LogP contribution in [-0.4, -0.2) is 120 Å².